The highest BCUT2D eigenvalue weighted by Gasteiger charge is 1.94. The molecule has 9 heavy (non-hydrogen) atoms. The molecule has 0 aliphatic carbocycles. The molecule has 0 fully saturated rings. The van der Waals surface area contributed by atoms with E-state index in [0.29, 0.717) is 5.92 Å². The van der Waals surface area contributed by atoms with E-state index in [9.17, 15) is 4.79 Å². The molecule has 0 aliphatic rings. The molecular formula is C7H11O2. The van der Waals surface area contributed by atoms with E-state index in [1.54, 1.807) is 0 Å². The fourth-order valence-electron chi connectivity index (χ4n) is 0.253. The lowest BCUT2D eigenvalue weighted by molar-refractivity contribution is 0.391. The fraction of sp³-hybridized carbons (Fsp3) is 0.571. The van der Waals surface area contributed by atoms with E-state index in [0.717, 1.165) is 5.57 Å². The highest BCUT2D eigenvalue weighted by Crippen LogP contribution is 2.06. The topological polar surface area (TPSA) is 26.3 Å². The highest BCUT2D eigenvalue weighted by atomic mass is 16.5. The van der Waals surface area contributed by atoms with Crippen LogP contribution in [0.3, 0.4) is 0 Å². The molecule has 0 saturated carbocycles. The quantitative estimate of drug-likeness (QED) is 0.538. The molecule has 0 unspecified atom stereocenters. The van der Waals surface area contributed by atoms with Crippen LogP contribution in [0.25, 0.3) is 0 Å². The van der Waals surface area contributed by atoms with Crippen LogP contribution < -0.4 is 0 Å². The zero-order valence-corrected chi connectivity index (χ0v) is 5.97. The molecule has 0 aromatic rings. The summed E-state index contributed by atoms with van der Waals surface area (Å²) in [7, 11) is 0. The molecule has 0 amide bonds. The number of allylic oxidation sites excluding steroid dienone is 1. The van der Waals surface area contributed by atoms with E-state index >= 15 is 0 Å². The van der Waals surface area contributed by atoms with Crippen molar-refractivity contribution in [2.45, 2.75) is 20.8 Å². The van der Waals surface area contributed by atoms with Gasteiger partial charge < -0.3 is 4.74 Å². The zero-order valence-electron chi connectivity index (χ0n) is 5.97. The molecular weight excluding hydrogens is 116 g/mol. The van der Waals surface area contributed by atoms with E-state index in [2.05, 4.69) is 4.74 Å². The van der Waals surface area contributed by atoms with Gasteiger partial charge in [-0.25, -0.2) is 4.79 Å². The lowest BCUT2D eigenvalue weighted by Gasteiger charge is -2.00. The standard InChI is InChI=1S/C7H11O2/c1-6(2)7(3)4-9-5-8/h4,6H,1-3H3/b7-4+. The maximum Gasteiger partial charge on any atom is 0.422 e. The first-order chi connectivity index (χ1) is 4.18. The van der Waals surface area contributed by atoms with Gasteiger partial charge in [-0.1, -0.05) is 13.8 Å². The Labute approximate surface area is 55.5 Å². The lowest BCUT2D eigenvalue weighted by Crippen LogP contribution is -1.89. The summed E-state index contributed by atoms with van der Waals surface area (Å²) in [6.07, 6.45) is 1.41. The molecule has 0 rings (SSSR count). The van der Waals surface area contributed by atoms with Crippen molar-refractivity contribution in [3.8, 4) is 0 Å². The predicted molar refractivity (Wildman–Crippen MR) is 35.4 cm³/mol. The SMILES string of the molecule is C/C(=C\O[C]=O)C(C)C. The van der Waals surface area contributed by atoms with Crippen LogP contribution in [-0.4, -0.2) is 6.47 Å². The molecule has 0 aromatic heterocycles. The first kappa shape index (κ1) is 8.21. The molecule has 2 heteroatoms. The molecule has 0 saturated heterocycles. The Morgan fingerprint density at radius 1 is 1.67 bits per heavy atom. The van der Waals surface area contributed by atoms with E-state index in [1.807, 2.05) is 20.8 Å². The molecule has 0 atom stereocenters. The molecule has 0 spiro atoms. The van der Waals surface area contributed by atoms with Gasteiger partial charge in [0.05, 0.1) is 6.26 Å². The van der Waals surface area contributed by atoms with Gasteiger partial charge in [-0.2, -0.15) is 0 Å². The second kappa shape index (κ2) is 4.13. The molecule has 2 nitrogen and oxygen atoms in total. The summed E-state index contributed by atoms with van der Waals surface area (Å²) in [6.45, 7) is 7.29. The number of hydrogen-bond donors (Lipinski definition) is 0. The van der Waals surface area contributed by atoms with Crippen molar-refractivity contribution in [3.63, 3.8) is 0 Å². The third kappa shape index (κ3) is 3.76. The van der Waals surface area contributed by atoms with Crippen molar-refractivity contribution in [1.82, 2.24) is 0 Å². The lowest BCUT2D eigenvalue weighted by atomic mass is 10.1. The number of carbonyl (C=O) groups excluding carboxylic acids is 1. The average Bonchev–Trinajstić information content (AvgIpc) is 1.82. The first-order valence-corrected chi connectivity index (χ1v) is 2.88. The van der Waals surface area contributed by atoms with Crippen LogP contribution in [0.5, 0.6) is 0 Å². The van der Waals surface area contributed by atoms with Gasteiger partial charge >= 0.3 is 6.47 Å². The Hall–Kier alpha value is -0.790. The van der Waals surface area contributed by atoms with E-state index in [-0.39, 0.29) is 0 Å². The zero-order chi connectivity index (χ0) is 7.28. The molecule has 0 bridgehead atoms. The van der Waals surface area contributed by atoms with Crippen LogP contribution in [-0.2, 0) is 9.53 Å². The average molecular weight is 127 g/mol. The van der Waals surface area contributed by atoms with Crippen molar-refractivity contribution in [2.75, 3.05) is 0 Å². The Balaban J connectivity index is 3.68. The second-order valence-electron chi connectivity index (χ2n) is 2.22. The van der Waals surface area contributed by atoms with Gasteiger partial charge in [-0.05, 0) is 18.4 Å². The fourth-order valence-corrected chi connectivity index (χ4v) is 0.253. The van der Waals surface area contributed by atoms with Crippen LogP contribution >= 0.6 is 0 Å². The second-order valence-corrected chi connectivity index (χ2v) is 2.22. The third-order valence-electron chi connectivity index (χ3n) is 1.20. The minimum Gasteiger partial charge on any atom is -0.426 e. The molecule has 0 aliphatic heterocycles. The maximum atomic E-state index is 9.54. The normalized spacial score (nSPS) is 11.8. The van der Waals surface area contributed by atoms with Gasteiger partial charge in [0.25, 0.3) is 0 Å². The van der Waals surface area contributed by atoms with Crippen LogP contribution in [0.15, 0.2) is 11.8 Å². The Bertz CT molecular complexity index is 114. The molecule has 0 heterocycles. The van der Waals surface area contributed by atoms with E-state index in [4.69, 9.17) is 0 Å². The van der Waals surface area contributed by atoms with Gasteiger partial charge in [-0.3, -0.25) is 0 Å². The van der Waals surface area contributed by atoms with Crippen molar-refractivity contribution in [2.24, 2.45) is 5.92 Å². The van der Waals surface area contributed by atoms with Gasteiger partial charge in [0.1, 0.15) is 0 Å². The first-order valence-electron chi connectivity index (χ1n) is 2.88. The van der Waals surface area contributed by atoms with Gasteiger partial charge in [0, 0.05) is 0 Å². The van der Waals surface area contributed by atoms with Gasteiger partial charge in [0.15, 0.2) is 0 Å². The minimum atomic E-state index is 0.429. The van der Waals surface area contributed by atoms with Crippen molar-refractivity contribution < 1.29 is 9.53 Å². The number of rotatable bonds is 3. The Morgan fingerprint density at radius 3 is 2.56 bits per heavy atom. The van der Waals surface area contributed by atoms with E-state index in [1.165, 1.54) is 12.7 Å². The van der Waals surface area contributed by atoms with Crippen molar-refractivity contribution >= 4 is 6.47 Å². The minimum absolute atomic E-state index is 0.429. The number of hydrogen-bond acceptors (Lipinski definition) is 2. The van der Waals surface area contributed by atoms with Crippen molar-refractivity contribution in [3.05, 3.63) is 11.8 Å². The molecule has 0 aromatic carbocycles. The van der Waals surface area contributed by atoms with Crippen LogP contribution in [0.1, 0.15) is 20.8 Å². The summed E-state index contributed by atoms with van der Waals surface area (Å²) in [5.41, 5.74) is 1.04. The summed E-state index contributed by atoms with van der Waals surface area (Å²) in [6, 6.07) is 0. The van der Waals surface area contributed by atoms with E-state index < -0.39 is 0 Å². The number of ether oxygens (including phenoxy) is 1. The van der Waals surface area contributed by atoms with Crippen LogP contribution in [0.2, 0.25) is 0 Å². The summed E-state index contributed by atoms with van der Waals surface area (Å²) >= 11 is 0. The summed E-state index contributed by atoms with van der Waals surface area (Å²) in [4.78, 5) is 9.54. The maximum absolute atomic E-state index is 9.54. The predicted octanol–water partition coefficient (Wildman–Crippen LogP) is 1.63. The third-order valence-corrected chi connectivity index (χ3v) is 1.20. The molecule has 51 valence electrons. The summed E-state index contributed by atoms with van der Waals surface area (Å²) < 4.78 is 4.29. The van der Waals surface area contributed by atoms with Gasteiger partial charge in [-0.15, -0.1) is 0 Å². The van der Waals surface area contributed by atoms with Crippen LogP contribution in [0, 0.1) is 5.92 Å². The Kier molecular flexibility index (Phi) is 3.76. The smallest absolute Gasteiger partial charge is 0.422 e. The summed E-state index contributed by atoms with van der Waals surface area (Å²) in [5.74, 6) is 0.429. The van der Waals surface area contributed by atoms with Crippen molar-refractivity contribution in [1.29, 1.82) is 0 Å². The van der Waals surface area contributed by atoms with Crippen LogP contribution in [0.4, 0.5) is 0 Å². The Morgan fingerprint density at radius 2 is 2.22 bits per heavy atom. The largest absolute Gasteiger partial charge is 0.426 e. The highest BCUT2D eigenvalue weighted by molar-refractivity contribution is 5.39. The van der Waals surface area contributed by atoms with Gasteiger partial charge in [0.2, 0.25) is 0 Å². The molecule has 0 N–H and O–H groups in total. The summed E-state index contributed by atoms with van der Waals surface area (Å²) in [5, 5.41) is 0. The monoisotopic (exact) mass is 127 g/mol. The molecule has 1 radical (unpaired) electrons.